The first-order valence-electron chi connectivity index (χ1n) is 12.6. The third kappa shape index (κ3) is 8.20. The SMILES string of the molecule is COc1ccc(N(CC(=O)N/N=C\c2cc(Br)c(OCc3ccc(Cl)cc3Cl)c(OC)c2)S(=O)(=O)c2ccccc2)cc1. The number of halogens is 3. The van der Waals surface area contributed by atoms with Crippen LogP contribution < -0.4 is 23.9 Å². The Hall–Kier alpha value is -3.77. The Morgan fingerprint density at radius 2 is 1.70 bits per heavy atom. The molecule has 4 aromatic rings. The fourth-order valence-corrected chi connectivity index (χ4v) is 6.35. The second kappa shape index (κ2) is 14.6. The quantitative estimate of drug-likeness (QED) is 0.130. The summed E-state index contributed by atoms with van der Waals surface area (Å²) in [5.74, 6) is 0.738. The lowest BCUT2D eigenvalue weighted by atomic mass is 10.2. The van der Waals surface area contributed by atoms with Crippen LogP contribution in [0.25, 0.3) is 0 Å². The van der Waals surface area contributed by atoms with Gasteiger partial charge in [0, 0.05) is 15.6 Å². The van der Waals surface area contributed by atoms with E-state index < -0.39 is 22.5 Å². The molecule has 1 amide bonds. The summed E-state index contributed by atoms with van der Waals surface area (Å²) in [6.45, 7) is -0.348. The van der Waals surface area contributed by atoms with E-state index in [0.717, 1.165) is 9.87 Å². The van der Waals surface area contributed by atoms with Crippen LogP contribution in [0, 0.1) is 0 Å². The van der Waals surface area contributed by atoms with Crippen LogP contribution in [0.15, 0.2) is 99.4 Å². The molecular formula is C30H26BrCl2N3O6S. The Kier molecular flexibility index (Phi) is 10.9. The van der Waals surface area contributed by atoms with Crippen molar-refractivity contribution in [2.24, 2.45) is 5.10 Å². The number of nitrogens with zero attached hydrogens (tertiary/aromatic N) is 2. The van der Waals surface area contributed by atoms with E-state index in [1.54, 1.807) is 72.8 Å². The average molecular weight is 707 g/mol. The minimum absolute atomic E-state index is 0.0414. The van der Waals surface area contributed by atoms with Crippen molar-refractivity contribution in [3.63, 3.8) is 0 Å². The number of carbonyl (C=O) groups excluding carboxylic acids is 1. The second-order valence-electron chi connectivity index (χ2n) is 8.87. The smallest absolute Gasteiger partial charge is 0.264 e. The van der Waals surface area contributed by atoms with Gasteiger partial charge in [-0.25, -0.2) is 13.8 Å². The van der Waals surface area contributed by atoms with Gasteiger partial charge in [-0.1, -0.05) is 47.5 Å². The number of nitrogens with one attached hydrogen (secondary N) is 1. The van der Waals surface area contributed by atoms with Crippen molar-refractivity contribution < 1.29 is 27.4 Å². The lowest BCUT2D eigenvalue weighted by Gasteiger charge is -2.23. The molecule has 43 heavy (non-hydrogen) atoms. The minimum atomic E-state index is -4.07. The van der Waals surface area contributed by atoms with Crippen LogP contribution in [0.4, 0.5) is 5.69 Å². The highest BCUT2D eigenvalue weighted by Crippen LogP contribution is 2.37. The molecule has 0 atom stereocenters. The Morgan fingerprint density at radius 3 is 2.35 bits per heavy atom. The van der Waals surface area contributed by atoms with Gasteiger partial charge in [-0.05, 0) is 82.2 Å². The first kappa shape index (κ1) is 32.2. The summed E-state index contributed by atoms with van der Waals surface area (Å²) in [7, 11) is -1.07. The van der Waals surface area contributed by atoms with Crippen molar-refractivity contribution in [3.05, 3.63) is 111 Å². The molecule has 0 saturated heterocycles. The molecule has 0 aliphatic carbocycles. The van der Waals surface area contributed by atoms with Crippen LogP contribution in [-0.4, -0.2) is 41.3 Å². The number of amides is 1. The zero-order chi connectivity index (χ0) is 31.0. The topological polar surface area (TPSA) is 107 Å². The maximum absolute atomic E-state index is 13.5. The molecule has 13 heteroatoms. The van der Waals surface area contributed by atoms with Crippen LogP contribution in [0.1, 0.15) is 11.1 Å². The molecule has 0 heterocycles. The maximum atomic E-state index is 13.5. The number of sulfonamides is 1. The van der Waals surface area contributed by atoms with E-state index in [1.165, 1.54) is 32.6 Å². The monoisotopic (exact) mass is 705 g/mol. The molecule has 4 aromatic carbocycles. The molecule has 9 nitrogen and oxygen atoms in total. The fraction of sp³-hybridized carbons (Fsp3) is 0.133. The normalized spacial score (nSPS) is 11.3. The number of carbonyl (C=O) groups is 1. The van der Waals surface area contributed by atoms with Crippen molar-refractivity contribution in [1.29, 1.82) is 0 Å². The predicted octanol–water partition coefficient (Wildman–Crippen LogP) is 6.70. The van der Waals surface area contributed by atoms with Crippen molar-refractivity contribution in [2.45, 2.75) is 11.5 Å². The van der Waals surface area contributed by atoms with Gasteiger partial charge in [0.2, 0.25) is 0 Å². The van der Waals surface area contributed by atoms with Crippen molar-refractivity contribution in [2.75, 3.05) is 25.1 Å². The molecule has 0 radical (unpaired) electrons. The zero-order valence-electron chi connectivity index (χ0n) is 23.0. The average Bonchev–Trinajstić information content (AvgIpc) is 3.00. The van der Waals surface area contributed by atoms with E-state index >= 15 is 0 Å². The number of ether oxygens (including phenoxy) is 3. The number of hydrogen-bond acceptors (Lipinski definition) is 7. The Bertz CT molecular complexity index is 1720. The van der Waals surface area contributed by atoms with Gasteiger partial charge in [-0.3, -0.25) is 9.10 Å². The van der Waals surface area contributed by atoms with Crippen LogP contribution in [0.2, 0.25) is 10.0 Å². The van der Waals surface area contributed by atoms with Crippen molar-refractivity contribution in [3.8, 4) is 17.2 Å². The zero-order valence-corrected chi connectivity index (χ0v) is 26.9. The number of benzene rings is 4. The van der Waals surface area contributed by atoms with Gasteiger partial charge in [0.15, 0.2) is 11.5 Å². The van der Waals surface area contributed by atoms with Gasteiger partial charge >= 0.3 is 0 Å². The molecule has 0 aliphatic rings. The molecule has 0 aromatic heterocycles. The van der Waals surface area contributed by atoms with E-state index in [-0.39, 0.29) is 17.2 Å². The third-order valence-corrected chi connectivity index (χ3v) is 8.98. The fourth-order valence-electron chi connectivity index (χ4n) is 3.87. The van der Waals surface area contributed by atoms with Crippen LogP contribution in [0.5, 0.6) is 17.2 Å². The molecule has 4 rings (SSSR count). The third-order valence-electron chi connectivity index (χ3n) is 6.02. The number of hydrogen-bond donors (Lipinski definition) is 1. The highest BCUT2D eigenvalue weighted by atomic mass is 79.9. The Labute approximate surface area is 268 Å². The standard InChI is InChI=1S/C30H26BrCl2N3O6S/c1-40-24-12-10-23(11-13-24)36(43(38,39)25-6-4-3-5-7-25)18-29(37)35-34-17-20-14-26(31)30(28(15-20)41-2)42-19-21-8-9-22(32)16-27(21)33/h3-17H,18-19H2,1-2H3,(H,35,37)/b34-17-. The summed E-state index contributed by atoms with van der Waals surface area (Å²) in [4.78, 5) is 12.9. The van der Waals surface area contributed by atoms with Crippen molar-refractivity contribution >= 4 is 67.0 Å². The van der Waals surface area contributed by atoms with Gasteiger partial charge in [0.25, 0.3) is 15.9 Å². The molecule has 0 unspecified atom stereocenters. The van der Waals surface area contributed by atoms with Gasteiger partial charge in [0.1, 0.15) is 18.9 Å². The lowest BCUT2D eigenvalue weighted by Crippen LogP contribution is -2.39. The van der Waals surface area contributed by atoms with Gasteiger partial charge < -0.3 is 14.2 Å². The molecule has 1 N–H and O–H groups in total. The Balaban J connectivity index is 1.48. The first-order valence-corrected chi connectivity index (χ1v) is 15.6. The highest BCUT2D eigenvalue weighted by Gasteiger charge is 2.27. The molecule has 0 fully saturated rings. The molecule has 0 aliphatic heterocycles. The largest absolute Gasteiger partial charge is 0.497 e. The van der Waals surface area contributed by atoms with Crippen LogP contribution >= 0.6 is 39.1 Å². The molecule has 0 spiro atoms. The maximum Gasteiger partial charge on any atom is 0.264 e. The minimum Gasteiger partial charge on any atom is -0.497 e. The van der Waals surface area contributed by atoms with E-state index in [1.807, 2.05) is 0 Å². The summed E-state index contributed by atoms with van der Waals surface area (Å²) in [5.41, 5.74) is 3.99. The van der Waals surface area contributed by atoms with Crippen LogP contribution in [-0.2, 0) is 21.4 Å². The van der Waals surface area contributed by atoms with Crippen LogP contribution in [0.3, 0.4) is 0 Å². The summed E-state index contributed by atoms with van der Waals surface area (Å²) >= 11 is 15.7. The first-order chi connectivity index (χ1) is 20.6. The van der Waals surface area contributed by atoms with E-state index in [4.69, 9.17) is 37.4 Å². The summed E-state index contributed by atoms with van der Waals surface area (Å²) in [6.07, 6.45) is 1.40. The molecular weight excluding hydrogens is 681 g/mol. The summed E-state index contributed by atoms with van der Waals surface area (Å²) < 4.78 is 45.1. The van der Waals surface area contributed by atoms with E-state index in [9.17, 15) is 13.2 Å². The number of anilines is 1. The lowest BCUT2D eigenvalue weighted by molar-refractivity contribution is -0.119. The number of hydrazone groups is 1. The highest BCUT2D eigenvalue weighted by molar-refractivity contribution is 9.10. The number of rotatable bonds is 12. The van der Waals surface area contributed by atoms with E-state index in [2.05, 4.69) is 26.5 Å². The summed E-state index contributed by atoms with van der Waals surface area (Å²) in [6, 6.07) is 22.7. The molecule has 224 valence electrons. The Morgan fingerprint density at radius 1 is 0.977 bits per heavy atom. The van der Waals surface area contributed by atoms with Gasteiger partial charge in [-0.15, -0.1) is 0 Å². The van der Waals surface area contributed by atoms with Crippen molar-refractivity contribution in [1.82, 2.24) is 5.43 Å². The predicted molar refractivity (Wildman–Crippen MR) is 171 cm³/mol. The van der Waals surface area contributed by atoms with E-state index in [0.29, 0.717) is 37.3 Å². The van der Waals surface area contributed by atoms with Gasteiger partial charge in [0.05, 0.1) is 35.5 Å². The number of methoxy groups -OCH3 is 2. The molecule has 0 bridgehead atoms. The second-order valence-corrected chi connectivity index (χ2v) is 12.4. The molecule has 0 saturated carbocycles. The van der Waals surface area contributed by atoms with Gasteiger partial charge in [-0.2, -0.15) is 5.10 Å². The summed E-state index contributed by atoms with van der Waals surface area (Å²) in [5, 5.41) is 5.02.